The first-order valence-electron chi connectivity index (χ1n) is 3.94. The van der Waals surface area contributed by atoms with Crippen LogP contribution in [-0.2, 0) is 6.42 Å². The van der Waals surface area contributed by atoms with Crippen LogP contribution < -0.4 is 0 Å². The summed E-state index contributed by atoms with van der Waals surface area (Å²) in [5.41, 5.74) is 2.40. The van der Waals surface area contributed by atoms with E-state index in [1.54, 1.807) is 0 Å². The Labute approximate surface area is 66.4 Å². The highest BCUT2D eigenvalue weighted by Crippen LogP contribution is 2.05. The highest BCUT2D eigenvalue weighted by molar-refractivity contribution is 5.13. The van der Waals surface area contributed by atoms with Crippen molar-refractivity contribution in [3.05, 3.63) is 17.5 Å². The zero-order valence-corrected chi connectivity index (χ0v) is 6.80. The topological polar surface area (TPSA) is 48.9 Å². The zero-order valence-electron chi connectivity index (χ0n) is 6.80. The molecule has 11 heavy (non-hydrogen) atoms. The van der Waals surface area contributed by atoms with Gasteiger partial charge in [0, 0.05) is 12.3 Å². The number of aromatic amines is 1. The summed E-state index contributed by atoms with van der Waals surface area (Å²) in [5.74, 6) is 0. The summed E-state index contributed by atoms with van der Waals surface area (Å²) in [4.78, 5) is 0. The lowest BCUT2D eigenvalue weighted by atomic mass is 10.1. The van der Waals surface area contributed by atoms with Crippen molar-refractivity contribution in [1.82, 2.24) is 10.2 Å². The molecular formula is C8H14N2O. The first kappa shape index (κ1) is 8.27. The van der Waals surface area contributed by atoms with Crippen molar-refractivity contribution >= 4 is 0 Å². The predicted octanol–water partition coefficient (Wildman–Crippen LogP) is 1.03. The molecule has 0 saturated carbocycles. The first-order chi connectivity index (χ1) is 5.34. The normalized spacial score (nSPS) is 10.4. The molecule has 0 aliphatic rings. The van der Waals surface area contributed by atoms with E-state index in [4.69, 9.17) is 5.11 Å². The Morgan fingerprint density at radius 2 is 2.36 bits per heavy atom. The van der Waals surface area contributed by atoms with Gasteiger partial charge in [0.2, 0.25) is 0 Å². The lowest BCUT2D eigenvalue weighted by Crippen LogP contribution is -1.90. The van der Waals surface area contributed by atoms with Crippen LogP contribution in [0.15, 0.2) is 6.20 Å². The van der Waals surface area contributed by atoms with Gasteiger partial charge < -0.3 is 5.11 Å². The molecule has 0 bridgehead atoms. The van der Waals surface area contributed by atoms with Crippen molar-refractivity contribution < 1.29 is 5.11 Å². The summed E-state index contributed by atoms with van der Waals surface area (Å²) in [6.07, 6.45) is 4.72. The number of nitrogens with zero attached hydrogens (tertiary/aromatic N) is 1. The van der Waals surface area contributed by atoms with Gasteiger partial charge in [-0.05, 0) is 31.7 Å². The summed E-state index contributed by atoms with van der Waals surface area (Å²) >= 11 is 0. The molecule has 3 nitrogen and oxygen atoms in total. The molecule has 0 unspecified atom stereocenters. The molecule has 0 radical (unpaired) electrons. The third kappa shape index (κ3) is 2.35. The average Bonchev–Trinajstić information content (AvgIpc) is 2.37. The van der Waals surface area contributed by atoms with E-state index in [1.807, 2.05) is 13.1 Å². The monoisotopic (exact) mass is 154 g/mol. The molecule has 0 amide bonds. The molecular weight excluding hydrogens is 140 g/mol. The molecule has 2 N–H and O–H groups in total. The van der Waals surface area contributed by atoms with E-state index in [9.17, 15) is 0 Å². The molecule has 1 heterocycles. The number of hydrogen-bond donors (Lipinski definition) is 2. The fourth-order valence-corrected chi connectivity index (χ4v) is 1.04. The fraction of sp³-hybridized carbons (Fsp3) is 0.625. The minimum absolute atomic E-state index is 0.285. The Kier molecular flexibility index (Phi) is 3.11. The Morgan fingerprint density at radius 3 is 2.91 bits per heavy atom. The standard InChI is InChI=1S/C8H14N2O/c1-7-6-9-10-8(7)4-2-3-5-11/h6,11H,2-5H2,1H3,(H,9,10). The second kappa shape index (κ2) is 4.13. The highest BCUT2D eigenvalue weighted by Gasteiger charge is 1.98. The van der Waals surface area contributed by atoms with Crippen LogP contribution >= 0.6 is 0 Å². The second-order valence-electron chi connectivity index (χ2n) is 2.71. The van der Waals surface area contributed by atoms with Gasteiger partial charge in [0.05, 0.1) is 6.20 Å². The number of nitrogens with one attached hydrogen (secondary N) is 1. The average molecular weight is 154 g/mol. The summed E-state index contributed by atoms with van der Waals surface area (Å²) < 4.78 is 0. The number of aliphatic hydroxyl groups excluding tert-OH is 1. The molecule has 0 saturated heterocycles. The number of H-pyrrole nitrogens is 1. The molecule has 1 aromatic heterocycles. The fourth-order valence-electron chi connectivity index (χ4n) is 1.04. The molecule has 0 fully saturated rings. The minimum atomic E-state index is 0.285. The van der Waals surface area contributed by atoms with Crippen LogP contribution in [0.25, 0.3) is 0 Å². The summed E-state index contributed by atoms with van der Waals surface area (Å²) in [6.45, 7) is 2.32. The van der Waals surface area contributed by atoms with Crippen molar-refractivity contribution in [1.29, 1.82) is 0 Å². The Bertz CT molecular complexity index is 208. The number of aromatic nitrogens is 2. The maximum absolute atomic E-state index is 8.54. The Balaban J connectivity index is 2.32. The van der Waals surface area contributed by atoms with Crippen LogP contribution in [0, 0.1) is 6.92 Å². The third-order valence-corrected chi connectivity index (χ3v) is 1.77. The van der Waals surface area contributed by atoms with Gasteiger partial charge in [0.25, 0.3) is 0 Å². The minimum Gasteiger partial charge on any atom is -0.396 e. The second-order valence-corrected chi connectivity index (χ2v) is 2.71. The van der Waals surface area contributed by atoms with E-state index >= 15 is 0 Å². The molecule has 1 aromatic rings. The van der Waals surface area contributed by atoms with E-state index in [-0.39, 0.29) is 6.61 Å². The summed E-state index contributed by atoms with van der Waals surface area (Å²) in [6, 6.07) is 0. The first-order valence-corrected chi connectivity index (χ1v) is 3.94. The number of rotatable bonds is 4. The Hall–Kier alpha value is -0.830. The smallest absolute Gasteiger partial charge is 0.0519 e. The SMILES string of the molecule is Cc1cn[nH]c1CCCCO. The van der Waals surface area contributed by atoms with Crippen molar-refractivity contribution in [2.45, 2.75) is 26.2 Å². The van der Waals surface area contributed by atoms with Crippen LogP contribution in [-0.4, -0.2) is 21.9 Å². The molecule has 0 atom stereocenters. The van der Waals surface area contributed by atoms with Gasteiger partial charge >= 0.3 is 0 Å². The van der Waals surface area contributed by atoms with Gasteiger partial charge in [-0.15, -0.1) is 0 Å². The quantitative estimate of drug-likeness (QED) is 0.636. The van der Waals surface area contributed by atoms with E-state index in [1.165, 1.54) is 11.3 Å². The van der Waals surface area contributed by atoms with E-state index in [0.29, 0.717) is 0 Å². The number of unbranched alkanes of at least 4 members (excludes halogenated alkanes) is 1. The van der Waals surface area contributed by atoms with Crippen molar-refractivity contribution in [3.63, 3.8) is 0 Å². The van der Waals surface area contributed by atoms with Crippen molar-refractivity contribution in [2.24, 2.45) is 0 Å². The van der Waals surface area contributed by atoms with Gasteiger partial charge in [-0.1, -0.05) is 0 Å². The van der Waals surface area contributed by atoms with E-state index < -0.39 is 0 Å². The molecule has 1 rings (SSSR count). The van der Waals surface area contributed by atoms with Gasteiger partial charge in [0.15, 0.2) is 0 Å². The van der Waals surface area contributed by atoms with Crippen LogP contribution in [0.2, 0.25) is 0 Å². The number of aliphatic hydroxyl groups is 1. The van der Waals surface area contributed by atoms with Gasteiger partial charge in [0.1, 0.15) is 0 Å². The number of aryl methyl sites for hydroxylation is 2. The third-order valence-electron chi connectivity index (χ3n) is 1.77. The highest BCUT2D eigenvalue weighted by atomic mass is 16.2. The van der Waals surface area contributed by atoms with Crippen LogP contribution in [0.3, 0.4) is 0 Å². The van der Waals surface area contributed by atoms with Crippen LogP contribution in [0.5, 0.6) is 0 Å². The predicted molar refractivity (Wildman–Crippen MR) is 43.3 cm³/mol. The number of hydrogen-bond acceptors (Lipinski definition) is 2. The molecule has 0 aliphatic heterocycles. The molecule has 3 heteroatoms. The van der Waals surface area contributed by atoms with Crippen LogP contribution in [0.4, 0.5) is 0 Å². The van der Waals surface area contributed by atoms with Crippen molar-refractivity contribution in [3.8, 4) is 0 Å². The summed E-state index contributed by atoms with van der Waals surface area (Å²) in [5, 5.41) is 15.4. The van der Waals surface area contributed by atoms with Crippen LogP contribution in [0.1, 0.15) is 24.1 Å². The lowest BCUT2D eigenvalue weighted by molar-refractivity contribution is 0.284. The Morgan fingerprint density at radius 1 is 1.55 bits per heavy atom. The lowest BCUT2D eigenvalue weighted by Gasteiger charge is -1.96. The van der Waals surface area contributed by atoms with E-state index in [0.717, 1.165) is 19.3 Å². The van der Waals surface area contributed by atoms with E-state index in [2.05, 4.69) is 10.2 Å². The zero-order chi connectivity index (χ0) is 8.10. The summed E-state index contributed by atoms with van der Waals surface area (Å²) in [7, 11) is 0. The van der Waals surface area contributed by atoms with Gasteiger partial charge in [-0.25, -0.2) is 0 Å². The molecule has 0 aromatic carbocycles. The maximum atomic E-state index is 8.54. The van der Waals surface area contributed by atoms with Gasteiger partial charge in [-0.3, -0.25) is 5.10 Å². The molecule has 0 spiro atoms. The largest absolute Gasteiger partial charge is 0.396 e. The molecule has 62 valence electrons. The molecule has 0 aliphatic carbocycles. The van der Waals surface area contributed by atoms with Crippen molar-refractivity contribution in [2.75, 3.05) is 6.61 Å². The van der Waals surface area contributed by atoms with Gasteiger partial charge in [-0.2, -0.15) is 5.10 Å². The maximum Gasteiger partial charge on any atom is 0.0519 e.